The predicted octanol–water partition coefficient (Wildman–Crippen LogP) is 2.81. The van der Waals surface area contributed by atoms with E-state index in [4.69, 9.17) is 0 Å². The standard InChI is InChI=1S/C14H15N3OS2/c1-8(18)11-7-19-13(16-11)14-15-10-5-4-9(17(2)3)6-12(10)20-14/h4-6,11H,7H2,1-3H3/t11-/m1/s1. The highest BCUT2D eigenvalue weighted by molar-refractivity contribution is 8.15. The molecule has 0 unspecified atom stereocenters. The molecule has 0 radical (unpaired) electrons. The number of rotatable bonds is 3. The molecule has 4 nitrogen and oxygen atoms in total. The van der Waals surface area contributed by atoms with Gasteiger partial charge in [0, 0.05) is 25.5 Å². The maximum atomic E-state index is 11.4. The van der Waals surface area contributed by atoms with Crippen molar-refractivity contribution in [3.8, 4) is 0 Å². The molecule has 2 heterocycles. The summed E-state index contributed by atoms with van der Waals surface area (Å²) < 4.78 is 1.15. The fourth-order valence-corrected chi connectivity index (χ4v) is 4.17. The second-order valence-electron chi connectivity index (χ2n) is 4.94. The number of aromatic nitrogens is 1. The molecule has 104 valence electrons. The van der Waals surface area contributed by atoms with Crippen molar-refractivity contribution in [1.82, 2.24) is 4.98 Å². The van der Waals surface area contributed by atoms with Gasteiger partial charge in [0.15, 0.2) is 5.78 Å². The number of carbonyl (C=O) groups is 1. The lowest BCUT2D eigenvalue weighted by atomic mass is 10.2. The molecule has 0 fully saturated rings. The highest BCUT2D eigenvalue weighted by atomic mass is 32.2. The van der Waals surface area contributed by atoms with Crippen LogP contribution < -0.4 is 4.90 Å². The summed E-state index contributed by atoms with van der Waals surface area (Å²) >= 11 is 3.26. The third-order valence-electron chi connectivity index (χ3n) is 3.19. The molecule has 0 spiro atoms. The summed E-state index contributed by atoms with van der Waals surface area (Å²) in [5, 5.41) is 1.82. The molecular weight excluding hydrogens is 290 g/mol. The van der Waals surface area contributed by atoms with E-state index in [0.29, 0.717) is 0 Å². The summed E-state index contributed by atoms with van der Waals surface area (Å²) in [4.78, 5) is 22.6. The summed E-state index contributed by atoms with van der Waals surface area (Å²) in [6, 6.07) is 6.04. The SMILES string of the molecule is CC(=O)[C@H]1CSC(c2nc3ccc(N(C)C)cc3s2)=N1. The van der Waals surface area contributed by atoms with Crippen molar-refractivity contribution in [3.05, 3.63) is 23.2 Å². The second-order valence-corrected chi connectivity index (χ2v) is 6.98. The molecule has 0 saturated heterocycles. The first-order valence-corrected chi connectivity index (χ1v) is 8.14. The van der Waals surface area contributed by atoms with Crippen molar-refractivity contribution in [2.24, 2.45) is 4.99 Å². The Morgan fingerprint density at radius 3 is 2.85 bits per heavy atom. The van der Waals surface area contributed by atoms with Gasteiger partial charge in [-0.15, -0.1) is 23.1 Å². The van der Waals surface area contributed by atoms with E-state index in [-0.39, 0.29) is 11.8 Å². The topological polar surface area (TPSA) is 45.6 Å². The van der Waals surface area contributed by atoms with E-state index in [2.05, 4.69) is 27.0 Å². The lowest BCUT2D eigenvalue weighted by Gasteiger charge is -2.11. The molecule has 20 heavy (non-hydrogen) atoms. The molecule has 1 aliphatic heterocycles. The molecule has 0 saturated carbocycles. The van der Waals surface area contributed by atoms with Crippen LogP contribution in [0.25, 0.3) is 10.2 Å². The van der Waals surface area contributed by atoms with Gasteiger partial charge in [-0.3, -0.25) is 9.79 Å². The molecule has 1 aromatic carbocycles. The van der Waals surface area contributed by atoms with Gasteiger partial charge in [-0.05, 0) is 25.1 Å². The Labute approximate surface area is 125 Å². The van der Waals surface area contributed by atoms with Crippen LogP contribution in [0.2, 0.25) is 0 Å². The maximum absolute atomic E-state index is 11.4. The van der Waals surface area contributed by atoms with E-state index in [1.165, 1.54) is 0 Å². The van der Waals surface area contributed by atoms with Crippen molar-refractivity contribution in [2.75, 3.05) is 24.7 Å². The monoisotopic (exact) mass is 305 g/mol. The first kappa shape index (κ1) is 13.6. The van der Waals surface area contributed by atoms with Gasteiger partial charge in [0.25, 0.3) is 0 Å². The van der Waals surface area contributed by atoms with E-state index in [0.717, 1.165) is 31.7 Å². The van der Waals surface area contributed by atoms with E-state index in [1.54, 1.807) is 30.0 Å². The first-order valence-electron chi connectivity index (χ1n) is 6.34. The van der Waals surface area contributed by atoms with Crippen LogP contribution in [0.5, 0.6) is 0 Å². The first-order chi connectivity index (χ1) is 9.54. The van der Waals surface area contributed by atoms with Gasteiger partial charge in [0.2, 0.25) is 0 Å². The minimum atomic E-state index is -0.195. The Morgan fingerprint density at radius 1 is 1.40 bits per heavy atom. The van der Waals surface area contributed by atoms with Gasteiger partial charge < -0.3 is 4.90 Å². The molecule has 0 amide bonds. The van der Waals surface area contributed by atoms with Crippen LogP contribution in [0.15, 0.2) is 23.2 Å². The van der Waals surface area contributed by atoms with Gasteiger partial charge in [-0.1, -0.05) is 0 Å². The van der Waals surface area contributed by atoms with Gasteiger partial charge in [-0.25, -0.2) is 4.98 Å². The van der Waals surface area contributed by atoms with Crippen LogP contribution in [0.1, 0.15) is 11.9 Å². The molecule has 2 aromatic rings. The average molecular weight is 305 g/mol. The van der Waals surface area contributed by atoms with Crippen LogP contribution in [-0.4, -0.2) is 41.7 Å². The molecular formula is C14H15N3OS2. The summed E-state index contributed by atoms with van der Waals surface area (Å²) in [6.07, 6.45) is 0. The summed E-state index contributed by atoms with van der Waals surface area (Å²) in [7, 11) is 4.05. The van der Waals surface area contributed by atoms with E-state index in [9.17, 15) is 4.79 Å². The van der Waals surface area contributed by atoms with E-state index < -0.39 is 0 Å². The Morgan fingerprint density at radius 2 is 2.20 bits per heavy atom. The minimum Gasteiger partial charge on any atom is -0.378 e. The molecule has 0 bridgehead atoms. The number of benzene rings is 1. The van der Waals surface area contributed by atoms with Crippen molar-refractivity contribution in [2.45, 2.75) is 13.0 Å². The zero-order chi connectivity index (χ0) is 14.3. The van der Waals surface area contributed by atoms with Gasteiger partial charge >= 0.3 is 0 Å². The fourth-order valence-electron chi connectivity index (χ4n) is 1.98. The Hall–Kier alpha value is -1.40. The second kappa shape index (κ2) is 5.18. The zero-order valence-corrected chi connectivity index (χ0v) is 13.2. The van der Waals surface area contributed by atoms with Crippen molar-refractivity contribution in [1.29, 1.82) is 0 Å². The van der Waals surface area contributed by atoms with Crippen molar-refractivity contribution >= 4 is 49.8 Å². The molecule has 0 aliphatic carbocycles. The number of thiazole rings is 1. The predicted molar refractivity (Wildman–Crippen MR) is 87.4 cm³/mol. The molecule has 3 rings (SSSR count). The average Bonchev–Trinajstić information content (AvgIpc) is 3.04. The largest absolute Gasteiger partial charge is 0.378 e. The number of carbonyl (C=O) groups excluding carboxylic acids is 1. The fraction of sp³-hybridized carbons (Fsp3) is 0.357. The van der Waals surface area contributed by atoms with Crippen LogP contribution in [0.4, 0.5) is 5.69 Å². The van der Waals surface area contributed by atoms with E-state index in [1.807, 2.05) is 20.2 Å². The number of hydrogen-bond acceptors (Lipinski definition) is 6. The zero-order valence-electron chi connectivity index (χ0n) is 11.6. The molecule has 1 aliphatic rings. The Balaban J connectivity index is 1.97. The minimum absolute atomic E-state index is 0.128. The number of Topliss-reactive ketones (excluding diaryl/α,β-unsaturated/α-hetero) is 1. The van der Waals surface area contributed by atoms with E-state index >= 15 is 0 Å². The molecule has 1 aromatic heterocycles. The van der Waals surface area contributed by atoms with Crippen LogP contribution in [-0.2, 0) is 4.79 Å². The van der Waals surface area contributed by atoms with Crippen LogP contribution in [0.3, 0.4) is 0 Å². The molecule has 0 N–H and O–H groups in total. The van der Waals surface area contributed by atoms with Crippen LogP contribution >= 0.6 is 23.1 Å². The smallest absolute Gasteiger partial charge is 0.155 e. The van der Waals surface area contributed by atoms with Gasteiger partial charge in [0.1, 0.15) is 16.1 Å². The number of hydrogen-bond donors (Lipinski definition) is 0. The molecule has 1 atom stereocenters. The number of nitrogens with zero attached hydrogens (tertiary/aromatic N) is 3. The Bertz CT molecular complexity index is 706. The van der Waals surface area contributed by atoms with Crippen molar-refractivity contribution in [3.63, 3.8) is 0 Å². The number of aliphatic imine (C=N–C) groups is 1. The summed E-state index contributed by atoms with van der Waals surface area (Å²) in [5.74, 6) is 0.868. The van der Waals surface area contributed by atoms with Gasteiger partial charge in [0.05, 0.1) is 10.2 Å². The number of ketones is 1. The lowest BCUT2D eigenvalue weighted by molar-refractivity contribution is -0.117. The third-order valence-corrected chi connectivity index (χ3v) is 5.40. The van der Waals surface area contributed by atoms with Crippen LogP contribution in [0, 0.1) is 0 Å². The normalized spacial score (nSPS) is 18.4. The Kier molecular flexibility index (Phi) is 3.52. The summed E-state index contributed by atoms with van der Waals surface area (Å²) in [5.41, 5.74) is 2.15. The third kappa shape index (κ3) is 2.45. The highest BCUT2D eigenvalue weighted by Gasteiger charge is 2.24. The van der Waals surface area contributed by atoms with Gasteiger partial charge in [-0.2, -0.15) is 0 Å². The lowest BCUT2D eigenvalue weighted by Crippen LogP contribution is -2.14. The maximum Gasteiger partial charge on any atom is 0.155 e. The highest BCUT2D eigenvalue weighted by Crippen LogP contribution is 2.31. The van der Waals surface area contributed by atoms with Crippen molar-refractivity contribution < 1.29 is 4.79 Å². The summed E-state index contributed by atoms with van der Waals surface area (Å²) in [6.45, 7) is 1.60. The molecule has 6 heteroatoms. The number of fused-ring (bicyclic) bond motifs is 1. The number of anilines is 1. The number of thioether (sulfide) groups is 1. The quantitative estimate of drug-likeness (QED) is 0.875.